The number of carboxylic acid groups (broad SMARTS) is 1. The number of pyridine rings is 1. The standard InChI is InChI=1S/C36H39N5O6S/c1-5-7-11-26(6-2)24-40-34(42)32(37-4)25(3)33(35(40)43)39-38-29-16-20-31(21-17-29)48(46,47)41(23-22-27-12-9-8-10-13-27)30-18-14-28(15-19-30)36(44)45/h8-10,12-21,26,42H,5-7,11,22-24H2,1-3H3,(H,44,45). The molecule has 0 saturated heterocycles. The van der Waals surface area contributed by atoms with E-state index in [1.165, 1.54) is 64.3 Å². The molecular formula is C36H39N5O6S. The van der Waals surface area contributed by atoms with Crippen LogP contribution in [-0.2, 0) is 23.0 Å². The van der Waals surface area contributed by atoms with Gasteiger partial charge in [-0.25, -0.2) is 18.1 Å². The molecule has 11 nitrogen and oxygen atoms in total. The molecule has 0 aliphatic carbocycles. The van der Waals surface area contributed by atoms with Gasteiger partial charge >= 0.3 is 5.97 Å². The number of nitrogens with zero attached hydrogens (tertiary/aromatic N) is 5. The molecule has 1 heterocycles. The number of benzene rings is 3. The fraction of sp³-hybridized carbons (Fsp3) is 0.306. The number of anilines is 1. The second-order valence-electron chi connectivity index (χ2n) is 11.4. The highest BCUT2D eigenvalue weighted by Crippen LogP contribution is 2.35. The molecule has 0 spiro atoms. The molecule has 0 amide bonds. The minimum absolute atomic E-state index is 0.0204. The zero-order valence-electron chi connectivity index (χ0n) is 27.2. The van der Waals surface area contributed by atoms with Gasteiger partial charge in [0.1, 0.15) is 5.69 Å². The average Bonchev–Trinajstić information content (AvgIpc) is 3.09. The maximum absolute atomic E-state index is 13.9. The summed E-state index contributed by atoms with van der Waals surface area (Å²) in [6.45, 7) is 13.6. The van der Waals surface area contributed by atoms with Crippen LogP contribution in [0.5, 0.6) is 5.88 Å². The number of aromatic carboxylic acids is 1. The normalized spacial score (nSPS) is 12.1. The van der Waals surface area contributed by atoms with Gasteiger partial charge in [-0.3, -0.25) is 13.7 Å². The lowest BCUT2D eigenvalue weighted by molar-refractivity contribution is 0.0697. The molecule has 48 heavy (non-hydrogen) atoms. The van der Waals surface area contributed by atoms with Gasteiger partial charge in [-0.15, -0.1) is 5.11 Å². The molecule has 0 saturated carbocycles. The van der Waals surface area contributed by atoms with Crippen molar-refractivity contribution in [2.45, 2.75) is 64.3 Å². The quantitative estimate of drug-likeness (QED) is 0.0964. The highest BCUT2D eigenvalue weighted by molar-refractivity contribution is 7.92. The van der Waals surface area contributed by atoms with E-state index in [1.807, 2.05) is 37.3 Å². The van der Waals surface area contributed by atoms with Crippen molar-refractivity contribution in [2.75, 3.05) is 10.8 Å². The predicted octanol–water partition coefficient (Wildman–Crippen LogP) is 8.18. The average molecular weight is 670 g/mol. The number of hydrogen-bond acceptors (Lipinski definition) is 7. The topological polar surface area (TPSA) is 146 Å². The van der Waals surface area contributed by atoms with Gasteiger partial charge in [0, 0.05) is 13.1 Å². The van der Waals surface area contributed by atoms with Crippen LogP contribution in [0.25, 0.3) is 4.85 Å². The SMILES string of the molecule is [C-]#[N+]c1c(C)c(N=Nc2ccc(S(=O)(=O)N(CCc3ccccc3)c3ccc(C(=O)O)cc3)cc2)c(=O)n(CC(CC)CCCC)c1O. The van der Waals surface area contributed by atoms with E-state index in [-0.39, 0.29) is 58.0 Å². The van der Waals surface area contributed by atoms with Gasteiger partial charge in [0.2, 0.25) is 5.69 Å². The molecular weight excluding hydrogens is 630 g/mol. The van der Waals surface area contributed by atoms with Crippen molar-refractivity contribution < 1.29 is 23.4 Å². The van der Waals surface area contributed by atoms with Crippen LogP contribution >= 0.6 is 0 Å². The highest BCUT2D eigenvalue weighted by atomic mass is 32.2. The summed E-state index contributed by atoms with van der Waals surface area (Å²) in [5.74, 6) is -1.37. The van der Waals surface area contributed by atoms with Crippen molar-refractivity contribution in [1.82, 2.24) is 4.57 Å². The number of azo groups is 1. The fourth-order valence-electron chi connectivity index (χ4n) is 5.34. The van der Waals surface area contributed by atoms with Crippen molar-refractivity contribution >= 4 is 38.7 Å². The number of carboxylic acids is 1. The van der Waals surface area contributed by atoms with Gasteiger partial charge in [-0.05, 0) is 85.3 Å². The van der Waals surface area contributed by atoms with Crippen molar-refractivity contribution in [3.05, 3.63) is 117 Å². The largest absolute Gasteiger partial charge is 0.503 e. The summed E-state index contributed by atoms with van der Waals surface area (Å²) in [6, 6.07) is 20.8. The first-order valence-corrected chi connectivity index (χ1v) is 17.2. The third kappa shape index (κ3) is 8.16. The third-order valence-electron chi connectivity index (χ3n) is 8.26. The molecule has 0 aliphatic heterocycles. The van der Waals surface area contributed by atoms with Crippen molar-refractivity contribution in [1.29, 1.82) is 0 Å². The van der Waals surface area contributed by atoms with Crippen LogP contribution in [-0.4, -0.2) is 35.7 Å². The van der Waals surface area contributed by atoms with Gasteiger partial charge in [0.05, 0.1) is 28.4 Å². The lowest BCUT2D eigenvalue weighted by atomic mass is 9.99. The van der Waals surface area contributed by atoms with Crippen molar-refractivity contribution in [3.8, 4) is 5.88 Å². The van der Waals surface area contributed by atoms with Crippen LogP contribution in [0.4, 0.5) is 22.7 Å². The van der Waals surface area contributed by atoms with Crippen LogP contribution in [0.3, 0.4) is 0 Å². The zero-order chi connectivity index (χ0) is 34.8. The smallest absolute Gasteiger partial charge is 0.335 e. The Hall–Kier alpha value is -5.28. The molecule has 0 aliphatic rings. The van der Waals surface area contributed by atoms with E-state index in [0.29, 0.717) is 12.1 Å². The van der Waals surface area contributed by atoms with E-state index >= 15 is 0 Å². The Bertz CT molecular complexity index is 1970. The first-order chi connectivity index (χ1) is 23.0. The molecule has 1 unspecified atom stereocenters. The summed E-state index contributed by atoms with van der Waals surface area (Å²) in [6.07, 6.45) is 4.08. The van der Waals surface area contributed by atoms with E-state index in [9.17, 15) is 28.2 Å². The minimum Gasteiger partial charge on any atom is -0.503 e. The molecule has 1 aromatic heterocycles. The number of aromatic hydroxyl groups is 1. The Morgan fingerprint density at radius 1 is 1.00 bits per heavy atom. The first-order valence-electron chi connectivity index (χ1n) is 15.8. The number of rotatable bonds is 15. The molecule has 0 fully saturated rings. The zero-order valence-corrected chi connectivity index (χ0v) is 28.0. The second kappa shape index (κ2) is 16.0. The van der Waals surface area contributed by atoms with Gasteiger partial charge in [-0.2, -0.15) is 5.11 Å². The number of carbonyl (C=O) groups is 1. The van der Waals surface area contributed by atoms with E-state index in [0.717, 1.165) is 31.2 Å². The molecule has 2 N–H and O–H groups in total. The molecule has 0 radical (unpaired) electrons. The Morgan fingerprint density at radius 2 is 1.67 bits per heavy atom. The predicted molar refractivity (Wildman–Crippen MR) is 185 cm³/mol. The van der Waals surface area contributed by atoms with Gasteiger partial charge in [0.15, 0.2) is 5.88 Å². The first kappa shape index (κ1) is 35.6. The molecule has 1 atom stereocenters. The number of aromatic nitrogens is 1. The lowest BCUT2D eigenvalue weighted by Gasteiger charge is -2.25. The lowest BCUT2D eigenvalue weighted by Crippen LogP contribution is -2.33. The number of sulfonamides is 1. The summed E-state index contributed by atoms with van der Waals surface area (Å²) in [7, 11) is -4.10. The molecule has 3 aromatic carbocycles. The Balaban J connectivity index is 1.65. The molecule has 4 rings (SSSR count). The third-order valence-corrected chi connectivity index (χ3v) is 10.1. The van der Waals surface area contributed by atoms with Crippen LogP contribution in [0.1, 0.15) is 61.0 Å². The van der Waals surface area contributed by atoms with Crippen LogP contribution in [0, 0.1) is 19.4 Å². The minimum atomic E-state index is -4.10. The number of unbranched alkanes of at least 4 members (excludes halogenated alkanes) is 1. The van der Waals surface area contributed by atoms with E-state index in [2.05, 4.69) is 22.0 Å². The van der Waals surface area contributed by atoms with Crippen LogP contribution < -0.4 is 9.86 Å². The van der Waals surface area contributed by atoms with Crippen LogP contribution in [0.15, 0.2) is 98.8 Å². The Labute approximate surface area is 280 Å². The maximum Gasteiger partial charge on any atom is 0.335 e. The fourth-order valence-corrected chi connectivity index (χ4v) is 6.81. The summed E-state index contributed by atoms with van der Waals surface area (Å²) >= 11 is 0. The van der Waals surface area contributed by atoms with E-state index < -0.39 is 21.6 Å². The van der Waals surface area contributed by atoms with Gasteiger partial charge < -0.3 is 10.2 Å². The summed E-state index contributed by atoms with van der Waals surface area (Å²) < 4.78 is 30.3. The van der Waals surface area contributed by atoms with Gasteiger partial charge in [0.25, 0.3) is 15.6 Å². The Kier molecular flexibility index (Phi) is 11.9. The molecule has 250 valence electrons. The van der Waals surface area contributed by atoms with E-state index in [4.69, 9.17) is 6.57 Å². The molecule has 4 aromatic rings. The summed E-state index contributed by atoms with van der Waals surface area (Å²) in [5, 5.41) is 28.5. The van der Waals surface area contributed by atoms with Crippen molar-refractivity contribution in [3.63, 3.8) is 0 Å². The molecule has 12 heteroatoms. The monoisotopic (exact) mass is 669 g/mol. The van der Waals surface area contributed by atoms with E-state index in [1.54, 1.807) is 0 Å². The highest BCUT2D eigenvalue weighted by Gasteiger charge is 2.26. The second-order valence-corrected chi connectivity index (χ2v) is 13.3. The molecule has 0 bridgehead atoms. The van der Waals surface area contributed by atoms with Gasteiger partial charge in [-0.1, -0.05) is 63.4 Å². The maximum atomic E-state index is 13.9. The van der Waals surface area contributed by atoms with Crippen molar-refractivity contribution in [2.24, 2.45) is 16.1 Å². The summed E-state index contributed by atoms with van der Waals surface area (Å²) in [5.41, 5.74) is 1.07. The summed E-state index contributed by atoms with van der Waals surface area (Å²) in [4.78, 5) is 28.3. The van der Waals surface area contributed by atoms with Crippen LogP contribution in [0.2, 0.25) is 0 Å². The number of hydrogen-bond donors (Lipinski definition) is 2. The Morgan fingerprint density at radius 3 is 2.25 bits per heavy atom.